The molecule has 0 amide bonds. The Morgan fingerprint density at radius 1 is 1.55 bits per heavy atom. The second-order valence-corrected chi connectivity index (χ2v) is 3.90. The largest absolute Gasteiger partial charge is 0.298 e. The monoisotopic (exact) mass is 193 g/mol. The number of carbonyl (C=O) groups excluding carboxylic acids is 1. The van der Waals surface area contributed by atoms with Crippen molar-refractivity contribution in [2.45, 2.75) is 19.4 Å². The first kappa shape index (κ1) is 11.3. The van der Waals surface area contributed by atoms with E-state index in [1.807, 2.05) is 6.26 Å². The molecule has 0 bridgehead atoms. The molecule has 1 N–H and O–H groups in total. The van der Waals surface area contributed by atoms with Crippen LogP contribution in [-0.2, 0) is 4.79 Å². The van der Waals surface area contributed by atoms with E-state index in [0.717, 1.165) is 12.2 Å². The normalized spacial score (nSPS) is 13.0. The van der Waals surface area contributed by atoms with Gasteiger partial charge in [0.25, 0.3) is 0 Å². The van der Waals surface area contributed by atoms with Gasteiger partial charge in [0.15, 0.2) is 0 Å². The molecule has 0 saturated carbocycles. The Morgan fingerprint density at radius 2 is 2.18 bits per heavy atom. The average Bonchev–Trinajstić information content (AvgIpc) is 1.97. The standard InChI is InChI=1S/C7H15NOS2/c1-6(9)7(8-11-3)4-5-10-2/h7-8H,4-5H2,1-3H3. The van der Waals surface area contributed by atoms with Gasteiger partial charge in [-0.2, -0.15) is 11.8 Å². The molecule has 0 saturated heterocycles. The zero-order valence-electron chi connectivity index (χ0n) is 7.22. The van der Waals surface area contributed by atoms with Gasteiger partial charge in [0.1, 0.15) is 5.78 Å². The molecule has 4 heteroatoms. The molecular formula is C7H15NOS2. The smallest absolute Gasteiger partial charge is 0.147 e. The lowest BCUT2D eigenvalue weighted by molar-refractivity contribution is -0.118. The molecule has 1 atom stereocenters. The van der Waals surface area contributed by atoms with Crippen molar-refractivity contribution in [2.75, 3.05) is 18.3 Å². The van der Waals surface area contributed by atoms with Crippen LogP contribution in [0.2, 0.25) is 0 Å². The zero-order valence-corrected chi connectivity index (χ0v) is 8.85. The highest BCUT2D eigenvalue weighted by Crippen LogP contribution is 2.03. The summed E-state index contributed by atoms with van der Waals surface area (Å²) in [6, 6.07) is 0.0393. The molecule has 11 heavy (non-hydrogen) atoms. The quantitative estimate of drug-likeness (QED) is 0.648. The van der Waals surface area contributed by atoms with Crippen molar-refractivity contribution in [1.29, 1.82) is 0 Å². The molecule has 0 aromatic carbocycles. The summed E-state index contributed by atoms with van der Waals surface area (Å²) in [6.07, 6.45) is 4.92. The molecule has 0 spiro atoms. The summed E-state index contributed by atoms with van der Waals surface area (Å²) in [6.45, 7) is 1.63. The van der Waals surface area contributed by atoms with Gasteiger partial charge in [-0.25, -0.2) is 0 Å². The molecular weight excluding hydrogens is 178 g/mol. The zero-order chi connectivity index (χ0) is 8.69. The minimum Gasteiger partial charge on any atom is -0.298 e. The molecule has 66 valence electrons. The highest BCUT2D eigenvalue weighted by molar-refractivity contribution is 7.98. The third kappa shape index (κ3) is 5.58. The van der Waals surface area contributed by atoms with E-state index in [4.69, 9.17) is 0 Å². The van der Waals surface area contributed by atoms with Gasteiger partial charge >= 0.3 is 0 Å². The summed E-state index contributed by atoms with van der Waals surface area (Å²) in [5, 5.41) is 0. The molecule has 0 radical (unpaired) electrons. The molecule has 0 aliphatic rings. The summed E-state index contributed by atoms with van der Waals surface area (Å²) < 4.78 is 3.07. The van der Waals surface area contributed by atoms with E-state index in [1.165, 1.54) is 11.9 Å². The molecule has 0 aromatic heterocycles. The van der Waals surface area contributed by atoms with E-state index in [0.29, 0.717) is 0 Å². The van der Waals surface area contributed by atoms with Gasteiger partial charge in [0.2, 0.25) is 0 Å². The van der Waals surface area contributed by atoms with Crippen molar-refractivity contribution in [3.05, 3.63) is 0 Å². The molecule has 2 nitrogen and oxygen atoms in total. The summed E-state index contributed by atoms with van der Waals surface area (Å²) in [4.78, 5) is 11.0. The van der Waals surface area contributed by atoms with Gasteiger partial charge in [0, 0.05) is 0 Å². The first-order valence-electron chi connectivity index (χ1n) is 3.50. The fourth-order valence-corrected chi connectivity index (χ4v) is 1.76. The summed E-state index contributed by atoms with van der Waals surface area (Å²) >= 11 is 3.28. The summed E-state index contributed by atoms with van der Waals surface area (Å²) in [5.74, 6) is 1.27. The SMILES string of the molecule is CSCCC(NSC)C(C)=O. The lowest BCUT2D eigenvalue weighted by Crippen LogP contribution is -2.30. The molecule has 0 aliphatic heterocycles. The number of thioether (sulfide) groups is 1. The number of carbonyl (C=O) groups is 1. The van der Waals surface area contributed by atoms with E-state index in [2.05, 4.69) is 11.0 Å². The minimum atomic E-state index is 0.0393. The number of hydrogen-bond donors (Lipinski definition) is 1. The highest BCUT2D eigenvalue weighted by Gasteiger charge is 2.11. The van der Waals surface area contributed by atoms with E-state index in [-0.39, 0.29) is 11.8 Å². The minimum absolute atomic E-state index is 0.0393. The number of nitrogens with one attached hydrogen (secondary N) is 1. The number of ketones is 1. The second kappa shape index (κ2) is 7.00. The van der Waals surface area contributed by atoms with Crippen LogP contribution in [0.15, 0.2) is 0 Å². The van der Waals surface area contributed by atoms with Crippen LogP contribution in [0.4, 0.5) is 0 Å². The molecule has 0 fully saturated rings. The van der Waals surface area contributed by atoms with Crippen molar-refractivity contribution in [1.82, 2.24) is 4.72 Å². The van der Waals surface area contributed by atoms with Crippen LogP contribution in [-0.4, -0.2) is 30.1 Å². The Balaban J connectivity index is 3.60. The Kier molecular flexibility index (Phi) is 7.22. The molecule has 1 unspecified atom stereocenters. The van der Waals surface area contributed by atoms with Crippen molar-refractivity contribution in [2.24, 2.45) is 0 Å². The predicted molar refractivity (Wildman–Crippen MR) is 54.1 cm³/mol. The molecule has 0 aliphatic carbocycles. The van der Waals surface area contributed by atoms with Crippen LogP contribution in [0.1, 0.15) is 13.3 Å². The van der Waals surface area contributed by atoms with E-state index < -0.39 is 0 Å². The van der Waals surface area contributed by atoms with Crippen molar-refractivity contribution in [3.8, 4) is 0 Å². The van der Waals surface area contributed by atoms with E-state index in [1.54, 1.807) is 18.7 Å². The number of Topliss-reactive ketones (excluding diaryl/α,β-unsaturated/α-hetero) is 1. The topological polar surface area (TPSA) is 29.1 Å². The van der Waals surface area contributed by atoms with Gasteiger partial charge in [-0.3, -0.25) is 9.52 Å². The van der Waals surface area contributed by atoms with Crippen LogP contribution >= 0.6 is 23.7 Å². The van der Waals surface area contributed by atoms with Crippen LogP contribution in [0.5, 0.6) is 0 Å². The molecule has 0 heterocycles. The van der Waals surface area contributed by atoms with Crippen LogP contribution < -0.4 is 4.72 Å². The molecule has 0 rings (SSSR count). The van der Waals surface area contributed by atoms with E-state index >= 15 is 0 Å². The maximum atomic E-state index is 11.0. The van der Waals surface area contributed by atoms with Crippen molar-refractivity contribution in [3.63, 3.8) is 0 Å². The second-order valence-electron chi connectivity index (χ2n) is 2.27. The lowest BCUT2D eigenvalue weighted by atomic mass is 10.2. The highest BCUT2D eigenvalue weighted by atomic mass is 32.2. The van der Waals surface area contributed by atoms with Crippen LogP contribution in [0.25, 0.3) is 0 Å². The van der Waals surface area contributed by atoms with Gasteiger partial charge in [-0.05, 0) is 31.6 Å². The summed E-state index contributed by atoms with van der Waals surface area (Å²) in [5.41, 5.74) is 0. The first-order valence-corrected chi connectivity index (χ1v) is 6.12. The molecule has 0 aromatic rings. The Hall–Kier alpha value is 0.330. The third-order valence-electron chi connectivity index (χ3n) is 1.36. The number of rotatable bonds is 6. The predicted octanol–water partition coefficient (Wildman–Crippen LogP) is 1.56. The van der Waals surface area contributed by atoms with Crippen LogP contribution in [0.3, 0.4) is 0 Å². The fraction of sp³-hybridized carbons (Fsp3) is 0.857. The van der Waals surface area contributed by atoms with Gasteiger partial charge in [0.05, 0.1) is 6.04 Å². The average molecular weight is 193 g/mol. The maximum absolute atomic E-state index is 11.0. The Morgan fingerprint density at radius 3 is 2.55 bits per heavy atom. The first-order chi connectivity index (χ1) is 5.22. The third-order valence-corrected chi connectivity index (χ3v) is 2.53. The van der Waals surface area contributed by atoms with E-state index in [9.17, 15) is 4.79 Å². The lowest BCUT2D eigenvalue weighted by Gasteiger charge is -2.12. The fourth-order valence-electron chi connectivity index (χ4n) is 0.723. The Bertz CT molecular complexity index is 119. The van der Waals surface area contributed by atoms with Gasteiger partial charge < -0.3 is 0 Å². The van der Waals surface area contributed by atoms with Gasteiger partial charge in [-0.15, -0.1) is 0 Å². The van der Waals surface area contributed by atoms with Crippen molar-refractivity contribution >= 4 is 29.5 Å². The van der Waals surface area contributed by atoms with Gasteiger partial charge in [-0.1, -0.05) is 11.9 Å². The summed E-state index contributed by atoms with van der Waals surface area (Å²) in [7, 11) is 0. The van der Waals surface area contributed by atoms with Crippen LogP contribution in [0, 0.1) is 0 Å². The Labute approximate surface area is 77.0 Å². The number of hydrogen-bond acceptors (Lipinski definition) is 4. The maximum Gasteiger partial charge on any atom is 0.147 e. The van der Waals surface area contributed by atoms with Crippen molar-refractivity contribution < 1.29 is 4.79 Å².